The van der Waals surface area contributed by atoms with Gasteiger partial charge in [-0.25, -0.2) is 0 Å². The first-order chi connectivity index (χ1) is 28.7. The van der Waals surface area contributed by atoms with Gasteiger partial charge in [0.15, 0.2) is 0 Å². The van der Waals surface area contributed by atoms with Crippen molar-refractivity contribution < 1.29 is 0 Å². The molecule has 0 aliphatic heterocycles. The van der Waals surface area contributed by atoms with E-state index in [-0.39, 0.29) is 0 Å². The summed E-state index contributed by atoms with van der Waals surface area (Å²) >= 11 is 0. The maximum absolute atomic E-state index is 2.53. The highest BCUT2D eigenvalue weighted by Crippen LogP contribution is 2.49. The van der Waals surface area contributed by atoms with Gasteiger partial charge in [-0.15, -0.1) is 0 Å². The van der Waals surface area contributed by atoms with Gasteiger partial charge in [0.05, 0.1) is 11.4 Å². The van der Waals surface area contributed by atoms with Crippen molar-refractivity contribution in [1.82, 2.24) is 0 Å². The normalized spacial score (nSPS) is 11.9. The van der Waals surface area contributed by atoms with Gasteiger partial charge in [-0.3, -0.25) is 0 Å². The Hall–Kier alpha value is -5.86. The molecule has 0 aliphatic rings. The van der Waals surface area contributed by atoms with Crippen LogP contribution in [0.25, 0.3) is 32.3 Å². The molecule has 0 spiro atoms. The molecule has 0 aromatic heterocycles. The van der Waals surface area contributed by atoms with E-state index in [1.165, 1.54) is 111 Å². The lowest BCUT2D eigenvalue weighted by Gasteiger charge is -2.31. The first kappa shape index (κ1) is 40.9. The predicted octanol–water partition coefficient (Wildman–Crippen LogP) is 17.8. The molecule has 0 unspecified atom stereocenters. The first-order valence-electron chi connectivity index (χ1n) is 22.1. The van der Waals surface area contributed by atoms with E-state index in [1.807, 2.05) is 0 Å². The van der Waals surface area contributed by atoms with Gasteiger partial charge in [0.1, 0.15) is 0 Å². The summed E-state index contributed by atoms with van der Waals surface area (Å²) in [6.45, 7) is 27.3. The molecule has 0 heterocycles. The average molecular weight is 787 g/mol. The van der Waals surface area contributed by atoms with E-state index in [1.54, 1.807) is 0 Å². The van der Waals surface area contributed by atoms with Crippen molar-refractivity contribution in [2.24, 2.45) is 0 Å². The van der Waals surface area contributed by atoms with Crippen LogP contribution < -0.4 is 9.80 Å². The van der Waals surface area contributed by atoms with Gasteiger partial charge in [0, 0.05) is 33.5 Å². The fourth-order valence-electron chi connectivity index (χ4n) is 8.78. The average Bonchev–Trinajstić information content (AvgIpc) is 3.23. The van der Waals surface area contributed by atoms with E-state index in [9.17, 15) is 0 Å². The largest absolute Gasteiger partial charge is 0.310 e. The molecule has 0 saturated heterocycles. The van der Waals surface area contributed by atoms with Crippen LogP contribution in [0.3, 0.4) is 0 Å². The number of rotatable bonds is 10. The molecule has 2 nitrogen and oxygen atoms in total. The lowest BCUT2D eigenvalue weighted by molar-refractivity contribution is 0.833. The minimum atomic E-state index is 0.401. The van der Waals surface area contributed by atoms with Gasteiger partial charge >= 0.3 is 0 Å². The Balaban J connectivity index is 1.49. The van der Waals surface area contributed by atoms with Gasteiger partial charge in [-0.1, -0.05) is 128 Å². The third-order valence-electron chi connectivity index (χ3n) is 12.9. The molecular formula is C58H62N2. The third-order valence-corrected chi connectivity index (χ3v) is 12.9. The number of aryl methyl sites for hydroxylation is 4. The topological polar surface area (TPSA) is 6.48 Å². The maximum Gasteiger partial charge on any atom is 0.0546 e. The Labute approximate surface area is 359 Å². The first-order valence-corrected chi connectivity index (χ1v) is 22.1. The fraction of sp³-hybridized carbons (Fsp3) is 0.276. The van der Waals surface area contributed by atoms with Crippen LogP contribution in [-0.2, 0) is 0 Å². The molecule has 0 bridgehead atoms. The summed E-state index contributed by atoms with van der Waals surface area (Å²) in [7, 11) is 0. The Bertz CT molecular complexity index is 2640. The van der Waals surface area contributed by atoms with Crippen LogP contribution in [0, 0.1) is 27.7 Å². The zero-order valence-electron chi connectivity index (χ0n) is 37.9. The Morgan fingerprint density at radius 2 is 0.600 bits per heavy atom. The molecular weight excluding hydrogens is 725 g/mol. The van der Waals surface area contributed by atoms with Crippen LogP contribution in [-0.4, -0.2) is 0 Å². The second-order valence-corrected chi connectivity index (χ2v) is 18.5. The molecule has 0 radical (unpaired) electrons. The van der Waals surface area contributed by atoms with Crippen LogP contribution in [0.4, 0.5) is 34.1 Å². The molecule has 8 rings (SSSR count). The maximum atomic E-state index is 2.53. The molecule has 8 aromatic rings. The summed E-state index contributed by atoms with van der Waals surface area (Å²) in [5, 5.41) is 7.45. The van der Waals surface area contributed by atoms with E-state index in [0.717, 1.165) is 0 Å². The number of fused-ring (bicyclic) bond motifs is 5. The summed E-state index contributed by atoms with van der Waals surface area (Å²) in [5.41, 5.74) is 17.7. The van der Waals surface area contributed by atoms with Gasteiger partial charge in [-0.05, 0) is 178 Å². The summed E-state index contributed by atoms with van der Waals surface area (Å²) in [6, 6.07) is 51.5. The Morgan fingerprint density at radius 1 is 0.283 bits per heavy atom. The number of benzene rings is 8. The van der Waals surface area contributed by atoms with Gasteiger partial charge in [-0.2, -0.15) is 0 Å². The number of nitrogens with zero attached hydrogens (tertiary/aromatic N) is 2. The standard InChI is InChI=1S/C58H62N2/c1-35(2)43-27-44(36(3)4)30-49(29-43)59(47-23-21-39(9)41(11)25-47)57-33-55-52-18-14-16-20-54(52)58(34-56(55)51-17-13-15-19-53(51)57)60(48-24-22-40(10)42(12)26-48)50-31-45(37(5)6)28-46(32-50)38(7)8/h13-38H,1-12H3. The predicted molar refractivity (Wildman–Crippen MR) is 264 cm³/mol. The number of hydrogen-bond donors (Lipinski definition) is 0. The van der Waals surface area contributed by atoms with Crippen LogP contribution in [0.15, 0.2) is 133 Å². The number of hydrogen-bond acceptors (Lipinski definition) is 2. The van der Waals surface area contributed by atoms with Crippen molar-refractivity contribution >= 4 is 66.4 Å². The van der Waals surface area contributed by atoms with Gasteiger partial charge < -0.3 is 9.80 Å². The minimum Gasteiger partial charge on any atom is -0.310 e. The van der Waals surface area contributed by atoms with Crippen molar-refractivity contribution in [2.45, 2.75) is 107 Å². The number of anilines is 6. The molecule has 8 aromatic carbocycles. The third kappa shape index (κ3) is 7.58. The van der Waals surface area contributed by atoms with Crippen molar-refractivity contribution in [3.05, 3.63) is 178 Å². The Morgan fingerprint density at radius 3 is 0.900 bits per heavy atom. The minimum absolute atomic E-state index is 0.401. The van der Waals surface area contributed by atoms with Crippen molar-refractivity contribution in [3.8, 4) is 0 Å². The van der Waals surface area contributed by atoms with E-state index in [0.29, 0.717) is 23.7 Å². The van der Waals surface area contributed by atoms with Crippen LogP contribution in [0.1, 0.15) is 124 Å². The SMILES string of the molecule is Cc1ccc(N(c2cc(C(C)C)cc(C(C)C)c2)c2cc3c4ccccc4c(N(c4cc(C(C)C)cc(C(C)C)c4)c4ccc(C)c(C)c4)cc3c3ccccc23)cc1C. The van der Waals surface area contributed by atoms with Crippen LogP contribution in [0.2, 0.25) is 0 Å². The van der Waals surface area contributed by atoms with E-state index >= 15 is 0 Å². The molecule has 0 aliphatic carbocycles. The zero-order valence-corrected chi connectivity index (χ0v) is 37.9. The summed E-state index contributed by atoms with van der Waals surface area (Å²) < 4.78 is 0. The molecule has 0 fully saturated rings. The molecule has 60 heavy (non-hydrogen) atoms. The molecule has 0 N–H and O–H groups in total. The smallest absolute Gasteiger partial charge is 0.0546 e. The highest BCUT2D eigenvalue weighted by Gasteiger charge is 2.24. The highest BCUT2D eigenvalue weighted by atomic mass is 15.2. The van der Waals surface area contributed by atoms with E-state index in [2.05, 4.69) is 226 Å². The molecule has 0 saturated carbocycles. The Kier molecular flexibility index (Phi) is 11.1. The van der Waals surface area contributed by atoms with Gasteiger partial charge in [0.2, 0.25) is 0 Å². The summed E-state index contributed by atoms with van der Waals surface area (Å²) in [4.78, 5) is 5.06. The molecule has 2 heteroatoms. The lowest BCUT2D eigenvalue weighted by atomic mass is 9.91. The second-order valence-electron chi connectivity index (χ2n) is 18.5. The molecule has 304 valence electrons. The molecule has 0 amide bonds. The second kappa shape index (κ2) is 16.3. The molecule has 0 atom stereocenters. The fourth-order valence-corrected chi connectivity index (χ4v) is 8.78. The van der Waals surface area contributed by atoms with Crippen LogP contribution >= 0.6 is 0 Å². The quantitative estimate of drug-likeness (QED) is 0.127. The zero-order chi connectivity index (χ0) is 42.6. The lowest BCUT2D eigenvalue weighted by Crippen LogP contribution is -2.13. The monoisotopic (exact) mass is 786 g/mol. The summed E-state index contributed by atoms with van der Waals surface area (Å²) in [6.07, 6.45) is 0. The van der Waals surface area contributed by atoms with Crippen molar-refractivity contribution in [3.63, 3.8) is 0 Å². The van der Waals surface area contributed by atoms with E-state index in [4.69, 9.17) is 0 Å². The van der Waals surface area contributed by atoms with E-state index < -0.39 is 0 Å². The van der Waals surface area contributed by atoms with Gasteiger partial charge in [0.25, 0.3) is 0 Å². The van der Waals surface area contributed by atoms with Crippen molar-refractivity contribution in [1.29, 1.82) is 0 Å². The highest BCUT2D eigenvalue weighted by molar-refractivity contribution is 6.24. The van der Waals surface area contributed by atoms with Crippen molar-refractivity contribution in [2.75, 3.05) is 9.80 Å². The van der Waals surface area contributed by atoms with Crippen LogP contribution in [0.5, 0.6) is 0 Å². The summed E-state index contributed by atoms with van der Waals surface area (Å²) in [5.74, 6) is 1.60.